The van der Waals surface area contributed by atoms with Gasteiger partial charge in [0.25, 0.3) is 0 Å². The second-order valence-corrected chi connectivity index (χ2v) is 5.95. The van der Waals surface area contributed by atoms with Crippen LogP contribution in [0, 0.1) is 0 Å². The fourth-order valence-electron chi connectivity index (χ4n) is 2.93. The molecule has 6 heteroatoms. The Bertz CT molecular complexity index is 698. The highest BCUT2D eigenvalue weighted by atomic mass is 35.5. The first-order valence-electron chi connectivity index (χ1n) is 7.33. The Morgan fingerprint density at radius 2 is 2.23 bits per heavy atom. The molecule has 0 aliphatic carbocycles. The third-order valence-corrected chi connectivity index (χ3v) is 4.36. The number of benzene rings is 1. The van der Waals surface area contributed by atoms with E-state index in [1.807, 2.05) is 37.4 Å². The van der Waals surface area contributed by atoms with Gasteiger partial charge in [-0.15, -0.1) is 0 Å². The normalized spacial score (nSPS) is 18.2. The van der Waals surface area contributed by atoms with Crippen molar-refractivity contribution < 1.29 is 9.90 Å². The summed E-state index contributed by atoms with van der Waals surface area (Å²) in [6.45, 7) is 4.52. The molecule has 22 heavy (non-hydrogen) atoms. The van der Waals surface area contributed by atoms with Gasteiger partial charge in [-0.3, -0.25) is 14.4 Å². The summed E-state index contributed by atoms with van der Waals surface area (Å²) in [6, 6.07) is 7.73. The van der Waals surface area contributed by atoms with Crippen molar-refractivity contribution >= 4 is 17.6 Å². The number of fused-ring (bicyclic) bond motifs is 1. The van der Waals surface area contributed by atoms with Crippen LogP contribution >= 0.6 is 11.6 Å². The molecule has 1 aliphatic rings. The summed E-state index contributed by atoms with van der Waals surface area (Å²) in [5.74, 6) is -1.29. The third kappa shape index (κ3) is 2.87. The summed E-state index contributed by atoms with van der Waals surface area (Å²) in [6.07, 6.45) is 1.81. The van der Waals surface area contributed by atoms with E-state index in [-0.39, 0.29) is 0 Å². The van der Waals surface area contributed by atoms with Gasteiger partial charge in [-0.25, -0.2) is 0 Å². The van der Waals surface area contributed by atoms with E-state index < -0.39 is 11.9 Å². The molecule has 2 heterocycles. The number of halogens is 1. The van der Waals surface area contributed by atoms with Crippen molar-refractivity contribution in [1.29, 1.82) is 0 Å². The number of aromatic nitrogens is 2. The average Bonchev–Trinajstić information content (AvgIpc) is 2.86. The Kier molecular flexibility index (Phi) is 4.18. The number of carboxylic acid groups (broad SMARTS) is 1. The van der Waals surface area contributed by atoms with Gasteiger partial charge in [0.15, 0.2) is 0 Å². The number of aryl methyl sites for hydroxylation is 1. The number of hydrogen-bond acceptors (Lipinski definition) is 3. The van der Waals surface area contributed by atoms with Crippen LogP contribution in [-0.4, -0.2) is 32.3 Å². The van der Waals surface area contributed by atoms with Crippen LogP contribution in [0.1, 0.15) is 29.7 Å². The molecule has 0 fully saturated rings. The van der Waals surface area contributed by atoms with Crippen molar-refractivity contribution in [3.8, 4) is 0 Å². The molecule has 0 spiro atoms. The standard InChI is InChI=1S/C16H18ClN3O2/c1-2-20-9-14(17)15(18-20)10-19-7-11-5-3-4-6-12(11)13(8-19)16(21)22/h3-6,9,13H,2,7-8,10H2,1H3,(H,21,22). The SMILES string of the molecule is CCn1cc(Cl)c(CN2Cc3ccccc3C(C(=O)O)C2)n1. The van der Waals surface area contributed by atoms with E-state index in [0.717, 1.165) is 29.9 Å². The fourth-order valence-corrected chi connectivity index (χ4v) is 3.14. The lowest BCUT2D eigenvalue weighted by molar-refractivity contribution is -0.139. The molecule has 0 radical (unpaired) electrons. The summed E-state index contributed by atoms with van der Waals surface area (Å²) in [5.41, 5.74) is 2.77. The predicted octanol–water partition coefficient (Wildman–Crippen LogP) is 2.74. The number of carboxylic acids is 1. The quantitative estimate of drug-likeness (QED) is 0.941. The molecule has 1 unspecified atom stereocenters. The molecule has 1 aromatic carbocycles. The minimum absolute atomic E-state index is 0.474. The molecular formula is C16H18ClN3O2. The van der Waals surface area contributed by atoms with E-state index in [2.05, 4.69) is 10.00 Å². The van der Waals surface area contributed by atoms with Crippen LogP contribution in [0.4, 0.5) is 0 Å². The monoisotopic (exact) mass is 319 g/mol. The summed E-state index contributed by atoms with van der Waals surface area (Å²) >= 11 is 6.22. The van der Waals surface area contributed by atoms with Crippen molar-refractivity contribution in [2.75, 3.05) is 6.54 Å². The van der Waals surface area contributed by atoms with Gasteiger partial charge >= 0.3 is 5.97 Å². The van der Waals surface area contributed by atoms with Crippen LogP contribution in [0.5, 0.6) is 0 Å². The maximum atomic E-state index is 11.6. The van der Waals surface area contributed by atoms with Gasteiger partial charge in [-0.1, -0.05) is 35.9 Å². The topological polar surface area (TPSA) is 58.4 Å². The fraction of sp³-hybridized carbons (Fsp3) is 0.375. The molecule has 2 aromatic rings. The van der Waals surface area contributed by atoms with Gasteiger partial charge in [0.05, 0.1) is 16.6 Å². The number of hydrogen-bond donors (Lipinski definition) is 1. The highest BCUT2D eigenvalue weighted by Gasteiger charge is 2.30. The van der Waals surface area contributed by atoms with Crippen LogP contribution in [0.3, 0.4) is 0 Å². The van der Waals surface area contributed by atoms with Crippen molar-refractivity contribution in [2.45, 2.75) is 32.5 Å². The van der Waals surface area contributed by atoms with E-state index in [1.54, 1.807) is 4.68 Å². The summed E-state index contributed by atoms with van der Waals surface area (Å²) in [4.78, 5) is 13.7. The average molecular weight is 320 g/mol. The van der Waals surface area contributed by atoms with Crippen molar-refractivity contribution in [3.05, 3.63) is 52.3 Å². The van der Waals surface area contributed by atoms with E-state index in [0.29, 0.717) is 18.1 Å². The second-order valence-electron chi connectivity index (χ2n) is 5.54. The molecule has 0 bridgehead atoms. The summed E-state index contributed by atoms with van der Waals surface area (Å²) in [7, 11) is 0. The Labute approximate surface area is 134 Å². The van der Waals surface area contributed by atoms with E-state index >= 15 is 0 Å². The van der Waals surface area contributed by atoms with Gasteiger partial charge in [0.2, 0.25) is 0 Å². The molecule has 1 aliphatic heterocycles. The van der Waals surface area contributed by atoms with Crippen molar-refractivity contribution in [3.63, 3.8) is 0 Å². The maximum Gasteiger partial charge on any atom is 0.312 e. The maximum absolute atomic E-state index is 11.6. The zero-order valence-electron chi connectivity index (χ0n) is 12.4. The van der Waals surface area contributed by atoms with Gasteiger partial charge < -0.3 is 5.11 Å². The lowest BCUT2D eigenvalue weighted by atomic mass is 9.90. The largest absolute Gasteiger partial charge is 0.481 e. The zero-order chi connectivity index (χ0) is 15.7. The van der Waals surface area contributed by atoms with Crippen LogP contribution in [-0.2, 0) is 24.4 Å². The molecule has 0 saturated carbocycles. The lowest BCUT2D eigenvalue weighted by Gasteiger charge is -2.32. The first-order valence-corrected chi connectivity index (χ1v) is 7.71. The zero-order valence-corrected chi connectivity index (χ0v) is 13.1. The van der Waals surface area contributed by atoms with Crippen LogP contribution in [0.15, 0.2) is 30.5 Å². The Hall–Kier alpha value is -1.85. The smallest absolute Gasteiger partial charge is 0.312 e. The number of aliphatic carboxylic acids is 1. The molecule has 0 amide bonds. The predicted molar refractivity (Wildman–Crippen MR) is 83.8 cm³/mol. The third-order valence-electron chi connectivity index (χ3n) is 4.05. The summed E-state index contributed by atoms with van der Waals surface area (Å²) < 4.78 is 1.80. The second kappa shape index (κ2) is 6.10. The van der Waals surface area contributed by atoms with Crippen molar-refractivity contribution in [1.82, 2.24) is 14.7 Å². The molecule has 1 aromatic heterocycles. The number of carbonyl (C=O) groups is 1. The molecular weight excluding hydrogens is 302 g/mol. The van der Waals surface area contributed by atoms with E-state index in [4.69, 9.17) is 11.6 Å². The van der Waals surface area contributed by atoms with Crippen LogP contribution in [0.25, 0.3) is 0 Å². The highest BCUT2D eigenvalue weighted by molar-refractivity contribution is 6.31. The van der Waals surface area contributed by atoms with Gasteiger partial charge in [-0.2, -0.15) is 5.10 Å². The molecule has 0 saturated heterocycles. The van der Waals surface area contributed by atoms with E-state index in [9.17, 15) is 9.90 Å². The van der Waals surface area contributed by atoms with Crippen molar-refractivity contribution in [2.24, 2.45) is 0 Å². The number of rotatable bonds is 4. The first kappa shape index (κ1) is 15.1. The van der Waals surface area contributed by atoms with Gasteiger partial charge in [-0.05, 0) is 18.1 Å². The molecule has 1 atom stereocenters. The first-order chi connectivity index (χ1) is 10.6. The Balaban J connectivity index is 1.84. The van der Waals surface area contributed by atoms with Crippen LogP contribution < -0.4 is 0 Å². The molecule has 1 N–H and O–H groups in total. The van der Waals surface area contributed by atoms with Gasteiger partial charge in [0.1, 0.15) is 0 Å². The Morgan fingerprint density at radius 1 is 1.45 bits per heavy atom. The van der Waals surface area contributed by atoms with E-state index in [1.165, 1.54) is 0 Å². The van der Waals surface area contributed by atoms with Gasteiger partial charge in [0, 0.05) is 32.4 Å². The molecule has 5 nitrogen and oxygen atoms in total. The minimum atomic E-state index is -0.790. The number of nitrogens with zero attached hydrogens (tertiary/aromatic N) is 3. The highest BCUT2D eigenvalue weighted by Crippen LogP contribution is 2.30. The summed E-state index contributed by atoms with van der Waals surface area (Å²) in [5, 5.41) is 14.6. The minimum Gasteiger partial charge on any atom is -0.481 e. The molecule has 116 valence electrons. The lowest BCUT2D eigenvalue weighted by Crippen LogP contribution is -2.36. The molecule has 3 rings (SSSR count). The Morgan fingerprint density at radius 3 is 2.91 bits per heavy atom. The van der Waals surface area contributed by atoms with Crippen LogP contribution in [0.2, 0.25) is 5.02 Å².